The van der Waals surface area contributed by atoms with Crippen LogP contribution in [0, 0.1) is 13.8 Å². The second-order valence-electron chi connectivity index (χ2n) is 3.47. The molecule has 0 aromatic heterocycles. The molecule has 78 valence electrons. The van der Waals surface area contributed by atoms with Crippen molar-refractivity contribution in [2.75, 3.05) is 13.2 Å². The molecule has 0 saturated carbocycles. The molecule has 0 fully saturated rings. The highest BCUT2D eigenvalue weighted by Crippen LogP contribution is 2.26. The Kier molecular flexibility index (Phi) is 3.96. The van der Waals surface area contributed by atoms with Gasteiger partial charge in [-0.3, -0.25) is 0 Å². The zero-order chi connectivity index (χ0) is 10.6. The monoisotopic (exact) mass is 193 g/mol. The zero-order valence-corrected chi connectivity index (χ0v) is 9.26. The highest BCUT2D eigenvalue weighted by molar-refractivity contribution is 5.45. The van der Waals surface area contributed by atoms with Crippen molar-refractivity contribution in [3.05, 3.63) is 28.8 Å². The van der Waals surface area contributed by atoms with E-state index >= 15 is 0 Å². The quantitative estimate of drug-likeness (QED) is 0.795. The van der Waals surface area contributed by atoms with Gasteiger partial charge in [0.2, 0.25) is 0 Å². The minimum atomic E-state index is 0.669. The molecule has 2 heteroatoms. The van der Waals surface area contributed by atoms with E-state index in [-0.39, 0.29) is 0 Å². The van der Waals surface area contributed by atoms with Gasteiger partial charge in [0.05, 0.1) is 6.61 Å². The van der Waals surface area contributed by atoms with Gasteiger partial charge in [0.15, 0.2) is 0 Å². The van der Waals surface area contributed by atoms with Crippen LogP contribution in [0.2, 0.25) is 0 Å². The van der Waals surface area contributed by atoms with Gasteiger partial charge >= 0.3 is 0 Å². The summed E-state index contributed by atoms with van der Waals surface area (Å²) in [7, 11) is 0. The third-order valence-corrected chi connectivity index (χ3v) is 2.46. The third-order valence-electron chi connectivity index (χ3n) is 2.46. The Morgan fingerprint density at radius 2 is 2.00 bits per heavy atom. The van der Waals surface area contributed by atoms with Crippen LogP contribution in [0.1, 0.15) is 23.6 Å². The lowest BCUT2D eigenvalue weighted by molar-refractivity contribution is 0.334. The first-order valence-electron chi connectivity index (χ1n) is 5.12. The van der Waals surface area contributed by atoms with Crippen LogP contribution < -0.4 is 10.5 Å². The molecule has 2 nitrogen and oxygen atoms in total. The lowest BCUT2D eigenvalue weighted by atomic mass is 10.0. The van der Waals surface area contributed by atoms with Gasteiger partial charge < -0.3 is 10.5 Å². The maximum absolute atomic E-state index is 5.65. The fourth-order valence-corrected chi connectivity index (χ4v) is 1.54. The Hall–Kier alpha value is -1.02. The molecule has 0 unspecified atom stereocenters. The summed E-state index contributed by atoms with van der Waals surface area (Å²) in [6, 6.07) is 4.24. The van der Waals surface area contributed by atoms with Crippen LogP contribution in [0.25, 0.3) is 0 Å². The maximum atomic E-state index is 5.65. The van der Waals surface area contributed by atoms with Crippen molar-refractivity contribution in [3.63, 3.8) is 0 Å². The molecule has 0 aliphatic carbocycles. The van der Waals surface area contributed by atoms with Gasteiger partial charge in [0, 0.05) is 0 Å². The number of hydrogen-bond acceptors (Lipinski definition) is 2. The number of hydrogen-bond donors (Lipinski definition) is 1. The minimum absolute atomic E-state index is 0.669. The number of benzene rings is 1. The molecule has 0 saturated heterocycles. The molecular formula is C12H19NO. The van der Waals surface area contributed by atoms with Crippen molar-refractivity contribution in [2.45, 2.75) is 27.2 Å². The smallest absolute Gasteiger partial charge is 0.125 e. The van der Waals surface area contributed by atoms with Gasteiger partial charge in [-0.15, -0.1) is 0 Å². The van der Waals surface area contributed by atoms with Crippen molar-refractivity contribution in [3.8, 4) is 5.75 Å². The van der Waals surface area contributed by atoms with Crippen LogP contribution in [0.5, 0.6) is 5.75 Å². The Labute approximate surface area is 86.1 Å². The fraction of sp³-hybridized carbons (Fsp3) is 0.500. The molecule has 1 rings (SSSR count). The van der Waals surface area contributed by atoms with Gasteiger partial charge in [-0.25, -0.2) is 0 Å². The second kappa shape index (κ2) is 5.01. The molecule has 0 aliphatic heterocycles. The number of ether oxygens (including phenoxy) is 1. The molecule has 1 aromatic rings. The Bertz CT molecular complexity index is 307. The number of rotatable bonds is 4. The topological polar surface area (TPSA) is 35.2 Å². The maximum Gasteiger partial charge on any atom is 0.125 e. The highest BCUT2D eigenvalue weighted by atomic mass is 16.5. The first kappa shape index (κ1) is 11.1. The number of nitrogens with two attached hydrogens (primary N) is 1. The van der Waals surface area contributed by atoms with Crippen molar-refractivity contribution in [1.82, 2.24) is 0 Å². The van der Waals surface area contributed by atoms with Gasteiger partial charge in [0.25, 0.3) is 0 Å². The summed E-state index contributed by atoms with van der Waals surface area (Å²) in [5, 5.41) is 0. The first-order chi connectivity index (χ1) is 6.70. The summed E-state index contributed by atoms with van der Waals surface area (Å²) in [6.45, 7) is 7.59. The van der Waals surface area contributed by atoms with Crippen molar-refractivity contribution in [1.29, 1.82) is 0 Å². The van der Waals surface area contributed by atoms with Crippen LogP contribution >= 0.6 is 0 Å². The Balaban J connectivity index is 3.08. The summed E-state index contributed by atoms with van der Waals surface area (Å²) in [5.41, 5.74) is 9.28. The summed E-state index contributed by atoms with van der Waals surface area (Å²) in [5.74, 6) is 1.03. The summed E-state index contributed by atoms with van der Waals surface area (Å²) in [4.78, 5) is 0. The van der Waals surface area contributed by atoms with E-state index in [1.165, 1.54) is 16.7 Å². The standard InChI is InChI=1S/C12H19NO/c1-4-14-12-10(3)9(2)5-6-11(12)7-8-13/h5-6H,4,7-8,13H2,1-3H3. The number of aryl methyl sites for hydroxylation is 1. The van der Waals surface area contributed by atoms with Crippen molar-refractivity contribution < 1.29 is 4.74 Å². The molecule has 2 N–H and O–H groups in total. The van der Waals surface area contributed by atoms with Gasteiger partial charge in [-0.05, 0) is 50.4 Å². The van der Waals surface area contributed by atoms with Crippen LogP contribution in [0.4, 0.5) is 0 Å². The summed E-state index contributed by atoms with van der Waals surface area (Å²) >= 11 is 0. The van der Waals surface area contributed by atoms with Crippen LogP contribution in [0.3, 0.4) is 0 Å². The lowest BCUT2D eigenvalue weighted by Gasteiger charge is -2.14. The fourth-order valence-electron chi connectivity index (χ4n) is 1.54. The van der Waals surface area contributed by atoms with Crippen LogP contribution in [-0.4, -0.2) is 13.2 Å². The minimum Gasteiger partial charge on any atom is -0.493 e. The predicted octanol–water partition coefficient (Wildman–Crippen LogP) is 2.20. The Morgan fingerprint density at radius 1 is 1.29 bits per heavy atom. The largest absolute Gasteiger partial charge is 0.493 e. The summed E-state index contributed by atoms with van der Waals surface area (Å²) in [6.07, 6.45) is 0.885. The van der Waals surface area contributed by atoms with E-state index in [9.17, 15) is 0 Å². The van der Waals surface area contributed by atoms with E-state index in [2.05, 4.69) is 26.0 Å². The lowest BCUT2D eigenvalue weighted by Crippen LogP contribution is -2.06. The van der Waals surface area contributed by atoms with Crippen molar-refractivity contribution >= 4 is 0 Å². The summed E-state index contributed by atoms with van der Waals surface area (Å²) < 4.78 is 5.65. The average molecular weight is 193 g/mol. The molecule has 0 aliphatic rings. The van der Waals surface area contributed by atoms with Crippen molar-refractivity contribution in [2.24, 2.45) is 5.73 Å². The normalized spacial score (nSPS) is 10.3. The third kappa shape index (κ3) is 2.26. The van der Waals surface area contributed by atoms with Crippen LogP contribution in [-0.2, 0) is 6.42 Å². The molecule has 0 atom stereocenters. The molecule has 0 heterocycles. The Morgan fingerprint density at radius 3 is 2.57 bits per heavy atom. The van der Waals surface area contributed by atoms with E-state index < -0.39 is 0 Å². The zero-order valence-electron chi connectivity index (χ0n) is 9.26. The van der Waals surface area contributed by atoms with E-state index in [0.29, 0.717) is 13.2 Å². The molecule has 0 amide bonds. The van der Waals surface area contributed by atoms with E-state index in [4.69, 9.17) is 10.5 Å². The second-order valence-corrected chi connectivity index (χ2v) is 3.47. The predicted molar refractivity (Wildman–Crippen MR) is 59.8 cm³/mol. The SMILES string of the molecule is CCOc1c(CCN)ccc(C)c1C. The van der Waals surface area contributed by atoms with Gasteiger partial charge in [-0.2, -0.15) is 0 Å². The molecule has 0 bridgehead atoms. The first-order valence-corrected chi connectivity index (χ1v) is 5.12. The van der Waals surface area contributed by atoms with E-state index in [0.717, 1.165) is 12.2 Å². The molecule has 0 spiro atoms. The van der Waals surface area contributed by atoms with Gasteiger partial charge in [-0.1, -0.05) is 12.1 Å². The van der Waals surface area contributed by atoms with E-state index in [1.807, 2.05) is 6.92 Å². The molecular weight excluding hydrogens is 174 g/mol. The molecule has 14 heavy (non-hydrogen) atoms. The molecule has 1 aromatic carbocycles. The average Bonchev–Trinajstić information content (AvgIpc) is 2.18. The van der Waals surface area contributed by atoms with Crippen LogP contribution in [0.15, 0.2) is 12.1 Å². The molecule has 0 radical (unpaired) electrons. The van der Waals surface area contributed by atoms with E-state index in [1.54, 1.807) is 0 Å². The highest BCUT2D eigenvalue weighted by Gasteiger charge is 2.07. The van der Waals surface area contributed by atoms with Gasteiger partial charge in [0.1, 0.15) is 5.75 Å².